The van der Waals surface area contributed by atoms with Gasteiger partial charge in [-0.05, 0) is 42.3 Å². The SMILES string of the molecule is CS(=O)(=O)Cn1cc(-c2cnc3c(c2)NC[C@@H]([C@H](NCCc2ccc(C#N)cc2)c2ccccc2)O3)cn1. The number of sulfone groups is 1. The van der Waals surface area contributed by atoms with Crippen LogP contribution in [-0.2, 0) is 22.1 Å². The molecule has 4 aromatic rings. The predicted octanol–water partition coefficient (Wildman–Crippen LogP) is 3.57. The lowest BCUT2D eigenvalue weighted by atomic mass is 9.99. The van der Waals surface area contributed by atoms with E-state index in [0.717, 1.165) is 40.9 Å². The summed E-state index contributed by atoms with van der Waals surface area (Å²) in [4.78, 5) is 4.56. The molecular weight excluding hydrogens is 500 g/mol. The molecule has 2 aromatic heterocycles. The first-order valence-corrected chi connectivity index (χ1v) is 14.3. The van der Waals surface area contributed by atoms with Gasteiger partial charge in [0.2, 0.25) is 5.88 Å². The van der Waals surface area contributed by atoms with E-state index in [1.54, 1.807) is 18.6 Å². The van der Waals surface area contributed by atoms with Crippen molar-refractivity contribution in [2.24, 2.45) is 0 Å². The average Bonchev–Trinajstić information content (AvgIpc) is 3.38. The summed E-state index contributed by atoms with van der Waals surface area (Å²) in [5.74, 6) is 0.344. The second-order valence-corrected chi connectivity index (χ2v) is 11.4. The number of nitrogens with zero attached hydrogens (tertiary/aromatic N) is 4. The molecular formula is C28H28N6O3S. The number of ether oxygens (including phenoxy) is 1. The number of aromatic nitrogens is 3. The van der Waals surface area contributed by atoms with Gasteiger partial charge in [-0.15, -0.1) is 0 Å². The van der Waals surface area contributed by atoms with Gasteiger partial charge in [0.25, 0.3) is 0 Å². The van der Waals surface area contributed by atoms with Gasteiger partial charge in [0.15, 0.2) is 9.84 Å². The Labute approximate surface area is 222 Å². The van der Waals surface area contributed by atoms with Crippen LogP contribution in [-0.4, -0.2) is 48.6 Å². The number of anilines is 1. The molecule has 0 amide bonds. The van der Waals surface area contributed by atoms with Crippen molar-refractivity contribution < 1.29 is 13.2 Å². The molecule has 0 saturated carbocycles. The van der Waals surface area contributed by atoms with Gasteiger partial charge < -0.3 is 15.4 Å². The second kappa shape index (κ2) is 11.0. The quantitative estimate of drug-likeness (QED) is 0.338. The molecule has 1 aliphatic rings. The second-order valence-electron chi connectivity index (χ2n) is 9.34. The van der Waals surface area contributed by atoms with Gasteiger partial charge in [0.05, 0.1) is 36.1 Å². The largest absolute Gasteiger partial charge is 0.469 e. The van der Waals surface area contributed by atoms with Crippen molar-refractivity contribution >= 4 is 15.5 Å². The van der Waals surface area contributed by atoms with Gasteiger partial charge in [0.1, 0.15) is 12.0 Å². The van der Waals surface area contributed by atoms with Crippen LogP contribution in [0.2, 0.25) is 0 Å². The van der Waals surface area contributed by atoms with Crippen molar-refractivity contribution in [3.05, 3.63) is 95.9 Å². The molecule has 38 heavy (non-hydrogen) atoms. The maximum atomic E-state index is 11.6. The van der Waals surface area contributed by atoms with Crippen molar-refractivity contribution in [3.8, 4) is 23.1 Å². The van der Waals surface area contributed by atoms with E-state index in [1.807, 2.05) is 48.5 Å². The number of pyridine rings is 1. The molecule has 0 fully saturated rings. The van der Waals surface area contributed by atoms with Crippen LogP contribution < -0.4 is 15.4 Å². The smallest absolute Gasteiger partial charge is 0.237 e. The van der Waals surface area contributed by atoms with Crippen LogP contribution in [0.5, 0.6) is 5.88 Å². The third-order valence-electron chi connectivity index (χ3n) is 6.33. The van der Waals surface area contributed by atoms with E-state index in [4.69, 9.17) is 10.00 Å². The Balaban J connectivity index is 1.29. The lowest BCUT2D eigenvalue weighted by molar-refractivity contribution is 0.150. The molecule has 0 spiro atoms. The summed E-state index contributed by atoms with van der Waals surface area (Å²) in [5, 5.41) is 20.3. The first-order valence-electron chi connectivity index (χ1n) is 12.3. The summed E-state index contributed by atoms with van der Waals surface area (Å²) < 4.78 is 30.9. The minimum Gasteiger partial charge on any atom is -0.469 e. The topological polar surface area (TPSA) is 122 Å². The fourth-order valence-electron chi connectivity index (χ4n) is 4.48. The molecule has 9 nitrogen and oxygen atoms in total. The van der Waals surface area contributed by atoms with Crippen LogP contribution in [0, 0.1) is 11.3 Å². The van der Waals surface area contributed by atoms with E-state index in [1.165, 1.54) is 10.9 Å². The lowest BCUT2D eigenvalue weighted by Crippen LogP contribution is -2.43. The van der Waals surface area contributed by atoms with Crippen molar-refractivity contribution in [2.45, 2.75) is 24.4 Å². The number of fused-ring (bicyclic) bond motifs is 1. The minimum atomic E-state index is -3.19. The minimum absolute atomic E-state index is 0.0640. The van der Waals surface area contributed by atoms with Crippen LogP contribution in [0.15, 0.2) is 79.3 Å². The van der Waals surface area contributed by atoms with Crippen molar-refractivity contribution in [1.82, 2.24) is 20.1 Å². The highest BCUT2D eigenvalue weighted by atomic mass is 32.2. The number of benzene rings is 2. The lowest BCUT2D eigenvalue weighted by Gasteiger charge is -2.33. The van der Waals surface area contributed by atoms with E-state index in [9.17, 15) is 8.42 Å². The highest BCUT2D eigenvalue weighted by Gasteiger charge is 2.29. The van der Waals surface area contributed by atoms with Gasteiger partial charge in [-0.2, -0.15) is 10.4 Å². The van der Waals surface area contributed by atoms with E-state index >= 15 is 0 Å². The van der Waals surface area contributed by atoms with Gasteiger partial charge in [-0.25, -0.2) is 13.4 Å². The molecule has 0 bridgehead atoms. The van der Waals surface area contributed by atoms with Crippen LogP contribution in [0.25, 0.3) is 11.1 Å². The zero-order valence-electron chi connectivity index (χ0n) is 20.9. The number of hydrogen-bond donors (Lipinski definition) is 2. The maximum absolute atomic E-state index is 11.6. The zero-order valence-corrected chi connectivity index (χ0v) is 21.7. The summed E-state index contributed by atoms with van der Waals surface area (Å²) in [6.45, 7) is 1.32. The fraction of sp³-hybridized carbons (Fsp3) is 0.250. The molecule has 0 aliphatic carbocycles. The molecule has 2 atom stereocenters. The van der Waals surface area contributed by atoms with Gasteiger partial charge >= 0.3 is 0 Å². The van der Waals surface area contributed by atoms with Crippen LogP contribution in [0.3, 0.4) is 0 Å². The molecule has 1 aliphatic heterocycles. The highest BCUT2D eigenvalue weighted by molar-refractivity contribution is 7.89. The molecule has 2 aromatic carbocycles. The van der Waals surface area contributed by atoms with Gasteiger partial charge in [-0.1, -0.05) is 42.5 Å². The maximum Gasteiger partial charge on any atom is 0.237 e. The van der Waals surface area contributed by atoms with E-state index in [-0.39, 0.29) is 18.0 Å². The molecule has 2 N–H and O–H groups in total. The average molecular weight is 529 g/mol. The van der Waals surface area contributed by atoms with Crippen LogP contribution in [0.4, 0.5) is 5.69 Å². The first kappa shape index (κ1) is 25.4. The molecule has 0 unspecified atom stereocenters. The van der Waals surface area contributed by atoms with Gasteiger partial charge in [0, 0.05) is 29.8 Å². The van der Waals surface area contributed by atoms with Crippen molar-refractivity contribution in [1.29, 1.82) is 5.26 Å². The third-order valence-corrected chi connectivity index (χ3v) is 7.07. The fourth-order valence-corrected chi connectivity index (χ4v) is 5.10. The van der Waals surface area contributed by atoms with E-state index in [0.29, 0.717) is 18.0 Å². The Bertz CT molecular complexity index is 1550. The highest BCUT2D eigenvalue weighted by Crippen LogP contribution is 2.34. The number of nitriles is 1. The molecule has 0 radical (unpaired) electrons. The molecule has 0 saturated heterocycles. The monoisotopic (exact) mass is 528 g/mol. The van der Waals surface area contributed by atoms with Crippen LogP contribution >= 0.6 is 0 Å². The summed E-state index contributed by atoms with van der Waals surface area (Å²) in [5.41, 5.74) is 5.31. The summed E-state index contributed by atoms with van der Waals surface area (Å²) in [6.07, 6.45) is 6.84. The normalized spacial score (nSPS) is 15.5. The Morgan fingerprint density at radius 1 is 1.16 bits per heavy atom. The third kappa shape index (κ3) is 6.19. The summed E-state index contributed by atoms with van der Waals surface area (Å²) in [7, 11) is -3.19. The molecule has 5 rings (SSSR count). The molecule has 194 valence electrons. The summed E-state index contributed by atoms with van der Waals surface area (Å²) in [6, 6.07) is 21.9. The molecule has 10 heteroatoms. The Morgan fingerprint density at radius 3 is 2.68 bits per heavy atom. The number of hydrogen-bond acceptors (Lipinski definition) is 8. The van der Waals surface area contributed by atoms with Gasteiger partial charge in [-0.3, -0.25) is 4.68 Å². The predicted molar refractivity (Wildman–Crippen MR) is 145 cm³/mol. The number of rotatable bonds is 9. The Morgan fingerprint density at radius 2 is 1.95 bits per heavy atom. The van der Waals surface area contributed by atoms with E-state index in [2.05, 4.69) is 38.9 Å². The standard InChI is InChI=1S/C28H28N6O3S/c1-38(35,36)19-34-18-24(16-33-34)23-13-25-28(32-15-23)37-26(17-31-25)27(22-5-3-2-4-6-22)30-12-11-20-7-9-21(14-29)10-8-20/h2-10,13,15-16,18,26-27,30-31H,11-12,17,19H2,1H3/t26-,27+/m0/s1. The molecule has 3 heterocycles. The zero-order chi connectivity index (χ0) is 26.5. The Hall–Kier alpha value is -4.20. The Kier molecular flexibility index (Phi) is 7.40. The van der Waals surface area contributed by atoms with Crippen molar-refractivity contribution in [3.63, 3.8) is 0 Å². The summed E-state index contributed by atoms with van der Waals surface area (Å²) >= 11 is 0. The van der Waals surface area contributed by atoms with Crippen molar-refractivity contribution in [2.75, 3.05) is 24.7 Å². The van der Waals surface area contributed by atoms with Crippen LogP contribution in [0.1, 0.15) is 22.7 Å². The van der Waals surface area contributed by atoms with E-state index < -0.39 is 9.84 Å². The first-order chi connectivity index (χ1) is 18.4. The number of nitrogens with one attached hydrogen (secondary N) is 2.